The van der Waals surface area contributed by atoms with Crippen molar-refractivity contribution in [3.05, 3.63) is 49.4 Å². The van der Waals surface area contributed by atoms with E-state index in [1.54, 1.807) is 42.0 Å². The molecule has 1 aliphatic rings. The zero-order valence-corrected chi connectivity index (χ0v) is 18.0. The van der Waals surface area contributed by atoms with Gasteiger partial charge in [-0.3, -0.25) is 4.98 Å². The number of hydrogen-bond acceptors (Lipinski definition) is 6. The Kier molecular flexibility index (Phi) is 8.58. The number of hydrogen-bond donors (Lipinski definition) is 2. The summed E-state index contributed by atoms with van der Waals surface area (Å²) < 4.78 is 33.5. The lowest BCUT2D eigenvalue weighted by Crippen LogP contribution is -2.48. The van der Waals surface area contributed by atoms with Crippen LogP contribution in [0.2, 0.25) is 0 Å². The molecule has 3 atom stereocenters. The normalized spacial score (nSPS) is 21.2. The first kappa shape index (κ1) is 23.3. The molecule has 1 fully saturated rings. The fourth-order valence-electron chi connectivity index (χ4n) is 3.96. The van der Waals surface area contributed by atoms with Crippen molar-refractivity contribution in [3.63, 3.8) is 0 Å². The monoisotopic (exact) mass is 420 g/mol. The van der Waals surface area contributed by atoms with Gasteiger partial charge in [0.15, 0.2) is 0 Å². The van der Waals surface area contributed by atoms with Gasteiger partial charge in [-0.15, -0.1) is 0 Å². The molecule has 4 N–H and O–H groups in total. The Labute approximate surface area is 173 Å². The molecular weight excluding hydrogens is 388 g/mol. The molecule has 1 saturated heterocycles. The van der Waals surface area contributed by atoms with Gasteiger partial charge in [0.1, 0.15) is 0 Å². The van der Waals surface area contributed by atoms with E-state index in [4.69, 9.17) is 10.5 Å². The smallest absolute Gasteiger partial charge is 0.243 e. The van der Waals surface area contributed by atoms with Crippen molar-refractivity contribution in [2.45, 2.75) is 30.7 Å². The number of piperidine rings is 1. The highest BCUT2D eigenvalue weighted by molar-refractivity contribution is 7.89. The lowest BCUT2D eigenvalue weighted by atomic mass is 9.80. The molecule has 2 heterocycles. The average molecular weight is 421 g/mol. The standard InChI is InChI=1S/C19H27N3O3S.C2H5N/c1-14(20)17-7-10-22(13-16(17)8-11-25-2)26(23,24)19-5-3-4-15-12-21-9-6-18(15)19;1-2-3/h3-6,9,12,14,16-17H,7-8,10-11,13,20H2,1-2H3;2H,1,3H2. The van der Waals surface area contributed by atoms with Crippen LogP contribution in [0.3, 0.4) is 0 Å². The number of methoxy groups -OCH3 is 1. The zero-order chi connectivity index (χ0) is 21.4. The second-order valence-corrected chi connectivity index (χ2v) is 9.21. The highest BCUT2D eigenvalue weighted by Crippen LogP contribution is 2.33. The Balaban J connectivity index is 0.000000941. The minimum Gasteiger partial charge on any atom is -0.405 e. The highest BCUT2D eigenvalue weighted by atomic mass is 32.2. The molecule has 0 saturated carbocycles. The van der Waals surface area contributed by atoms with E-state index in [2.05, 4.69) is 17.3 Å². The molecule has 1 aromatic heterocycles. The number of nitrogens with two attached hydrogens (primary N) is 2. The summed E-state index contributed by atoms with van der Waals surface area (Å²) in [6.45, 7) is 6.74. The van der Waals surface area contributed by atoms with E-state index in [1.807, 2.05) is 13.0 Å². The Morgan fingerprint density at radius 3 is 2.79 bits per heavy atom. The molecule has 0 radical (unpaired) electrons. The van der Waals surface area contributed by atoms with Crippen molar-refractivity contribution >= 4 is 20.8 Å². The molecule has 0 amide bonds. The van der Waals surface area contributed by atoms with E-state index in [9.17, 15) is 8.42 Å². The van der Waals surface area contributed by atoms with Crippen molar-refractivity contribution in [1.82, 2.24) is 9.29 Å². The van der Waals surface area contributed by atoms with Gasteiger partial charge < -0.3 is 16.2 Å². The van der Waals surface area contributed by atoms with Gasteiger partial charge in [-0.2, -0.15) is 4.31 Å². The lowest BCUT2D eigenvalue weighted by Gasteiger charge is -2.39. The number of ether oxygens (including phenoxy) is 1. The van der Waals surface area contributed by atoms with Crippen LogP contribution < -0.4 is 11.5 Å². The van der Waals surface area contributed by atoms with Gasteiger partial charge in [-0.25, -0.2) is 8.42 Å². The third-order valence-corrected chi connectivity index (χ3v) is 7.31. The molecule has 0 bridgehead atoms. The van der Waals surface area contributed by atoms with Crippen molar-refractivity contribution in [1.29, 1.82) is 0 Å². The largest absolute Gasteiger partial charge is 0.405 e. The van der Waals surface area contributed by atoms with Crippen LogP contribution in [0.15, 0.2) is 54.3 Å². The second kappa shape index (κ2) is 10.7. The second-order valence-electron chi connectivity index (χ2n) is 7.30. The third-order valence-electron chi connectivity index (χ3n) is 5.38. The molecule has 3 unspecified atom stereocenters. The number of nitrogens with zero attached hydrogens (tertiary/aromatic N) is 2. The van der Waals surface area contributed by atoms with Crippen LogP contribution >= 0.6 is 0 Å². The minimum absolute atomic E-state index is 0.0466. The summed E-state index contributed by atoms with van der Waals surface area (Å²) in [5.74, 6) is 0.517. The third kappa shape index (κ3) is 5.54. The summed E-state index contributed by atoms with van der Waals surface area (Å²) in [6.07, 6.45) is 6.16. The SMILES string of the molecule is C=CN.COCCC1CN(S(=O)(=O)c2cccc3cnccc23)CCC1C(C)N. The lowest BCUT2D eigenvalue weighted by molar-refractivity contribution is 0.111. The van der Waals surface area contributed by atoms with Crippen LogP contribution in [0, 0.1) is 11.8 Å². The number of aromatic nitrogens is 1. The van der Waals surface area contributed by atoms with Crippen LogP contribution in [0.1, 0.15) is 19.8 Å². The van der Waals surface area contributed by atoms with Gasteiger partial charge in [0, 0.05) is 56.0 Å². The Morgan fingerprint density at radius 1 is 1.41 bits per heavy atom. The van der Waals surface area contributed by atoms with Gasteiger partial charge in [0.25, 0.3) is 0 Å². The summed E-state index contributed by atoms with van der Waals surface area (Å²) in [7, 11) is -1.90. The summed E-state index contributed by atoms with van der Waals surface area (Å²) in [4.78, 5) is 4.44. The molecule has 7 nitrogen and oxygen atoms in total. The first-order valence-corrected chi connectivity index (χ1v) is 11.2. The van der Waals surface area contributed by atoms with Crippen LogP contribution in [0.25, 0.3) is 10.8 Å². The molecule has 29 heavy (non-hydrogen) atoms. The Morgan fingerprint density at radius 2 is 2.14 bits per heavy atom. The molecule has 2 aromatic rings. The fourth-order valence-corrected chi connectivity index (χ4v) is 5.68. The predicted octanol–water partition coefficient (Wildman–Crippen LogP) is 2.33. The summed E-state index contributed by atoms with van der Waals surface area (Å²) >= 11 is 0. The maximum absolute atomic E-state index is 13.3. The van der Waals surface area contributed by atoms with E-state index >= 15 is 0 Å². The van der Waals surface area contributed by atoms with E-state index < -0.39 is 10.0 Å². The van der Waals surface area contributed by atoms with E-state index in [0.717, 1.165) is 18.2 Å². The highest BCUT2D eigenvalue weighted by Gasteiger charge is 2.37. The zero-order valence-electron chi connectivity index (χ0n) is 17.2. The van der Waals surface area contributed by atoms with Crippen molar-refractivity contribution in [2.75, 3.05) is 26.8 Å². The molecule has 8 heteroatoms. The maximum Gasteiger partial charge on any atom is 0.243 e. The van der Waals surface area contributed by atoms with Gasteiger partial charge in [0.05, 0.1) is 4.90 Å². The first-order chi connectivity index (χ1) is 13.9. The van der Waals surface area contributed by atoms with Gasteiger partial charge in [0.2, 0.25) is 10.0 Å². The fraction of sp³-hybridized carbons (Fsp3) is 0.476. The molecular formula is C21H32N4O3S. The number of benzene rings is 1. The number of fused-ring (bicyclic) bond motifs is 1. The molecule has 1 aromatic carbocycles. The number of pyridine rings is 1. The van der Waals surface area contributed by atoms with E-state index in [-0.39, 0.29) is 12.0 Å². The quantitative estimate of drug-likeness (QED) is 0.742. The molecule has 0 aliphatic carbocycles. The Bertz CT molecular complexity index is 896. The van der Waals surface area contributed by atoms with Crippen molar-refractivity contribution < 1.29 is 13.2 Å². The van der Waals surface area contributed by atoms with Crippen LogP contribution in [-0.4, -0.2) is 50.6 Å². The van der Waals surface area contributed by atoms with E-state index in [0.29, 0.717) is 35.9 Å². The van der Waals surface area contributed by atoms with Crippen molar-refractivity contribution in [2.24, 2.45) is 23.3 Å². The van der Waals surface area contributed by atoms with Crippen molar-refractivity contribution in [3.8, 4) is 0 Å². The Hall–Kier alpha value is -2.00. The van der Waals surface area contributed by atoms with E-state index in [1.165, 1.54) is 6.20 Å². The topological polar surface area (TPSA) is 112 Å². The minimum atomic E-state index is -3.57. The van der Waals surface area contributed by atoms with Gasteiger partial charge in [-0.1, -0.05) is 18.7 Å². The summed E-state index contributed by atoms with van der Waals surface area (Å²) in [5.41, 5.74) is 10.8. The number of sulfonamides is 1. The maximum atomic E-state index is 13.3. The number of rotatable bonds is 6. The average Bonchev–Trinajstić information content (AvgIpc) is 2.72. The van der Waals surface area contributed by atoms with Crippen LogP contribution in [0.4, 0.5) is 0 Å². The first-order valence-electron chi connectivity index (χ1n) is 9.76. The predicted molar refractivity (Wildman–Crippen MR) is 117 cm³/mol. The van der Waals surface area contributed by atoms with Crippen LogP contribution in [-0.2, 0) is 14.8 Å². The molecule has 3 rings (SSSR count). The van der Waals surface area contributed by atoms with Gasteiger partial charge in [-0.05, 0) is 49.9 Å². The molecule has 1 aliphatic heterocycles. The van der Waals surface area contributed by atoms with Crippen LogP contribution in [0.5, 0.6) is 0 Å². The molecule has 0 spiro atoms. The van der Waals surface area contributed by atoms with Gasteiger partial charge >= 0.3 is 0 Å². The summed E-state index contributed by atoms with van der Waals surface area (Å²) in [5, 5.41) is 1.54. The molecule has 160 valence electrons. The summed E-state index contributed by atoms with van der Waals surface area (Å²) in [6, 6.07) is 7.14.